The molecule has 6 heteroatoms. The van der Waals surface area contributed by atoms with Gasteiger partial charge < -0.3 is 0 Å². The zero-order valence-corrected chi connectivity index (χ0v) is 16.0. The lowest BCUT2D eigenvalue weighted by Crippen LogP contribution is -2.52. The Morgan fingerprint density at radius 1 is 0.929 bits per heavy atom. The minimum atomic E-state index is -0.0311. The second kappa shape index (κ2) is 7.37. The molecule has 1 aromatic heterocycles. The highest BCUT2D eigenvalue weighted by atomic mass is 16.1. The molecule has 0 aliphatic carbocycles. The smallest absolute Gasteiger partial charge is 0.298 e. The summed E-state index contributed by atoms with van der Waals surface area (Å²) >= 11 is 0. The SMILES string of the molecule is O=c1[nH]c2ccccc2c2[n+]1C[C@H](CN1CCN(Cc3ccccc3)CC1)N2. The summed E-state index contributed by atoms with van der Waals surface area (Å²) in [5.74, 6) is 0.951. The van der Waals surface area contributed by atoms with Crippen molar-refractivity contribution in [2.24, 2.45) is 0 Å². The van der Waals surface area contributed by atoms with Gasteiger partial charge in [0.1, 0.15) is 18.1 Å². The lowest BCUT2D eigenvalue weighted by atomic mass is 10.2. The molecule has 0 spiro atoms. The summed E-state index contributed by atoms with van der Waals surface area (Å²) in [6.45, 7) is 7.04. The van der Waals surface area contributed by atoms with Gasteiger partial charge in [-0.25, -0.2) is 9.78 Å². The Morgan fingerprint density at radius 3 is 2.46 bits per heavy atom. The van der Waals surface area contributed by atoms with Gasteiger partial charge in [0, 0.05) is 39.3 Å². The Balaban J connectivity index is 1.21. The van der Waals surface area contributed by atoms with Crippen molar-refractivity contribution in [3.63, 3.8) is 0 Å². The van der Waals surface area contributed by atoms with E-state index < -0.39 is 0 Å². The van der Waals surface area contributed by atoms with E-state index in [0.717, 1.165) is 62.5 Å². The fourth-order valence-electron chi connectivity index (χ4n) is 4.40. The van der Waals surface area contributed by atoms with Crippen LogP contribution in [-0.4, -0.2) is 53.5 Å². The van der Waals surface area contributed by atoms with Gasteiger partial charge in [-0.3, -0.25) is 15.1 Å². The largest absolute Gasteiger partial charge is 0.441 e. The number of para-hydroxylation sites is 1. The molecule has 0 radical (unpaired) electrons. The third-order valence-corrected chi connectivity index (χ3v) is 5.88. The first-order valence-electron chi connectivity index (χ1n) is 10.1. The molecule has 5 rings (SSSR count). The van der Waals surface area contributed by atoms with Gasteiger partial charge in [-0.1, -0.05) is 42.5 Å². The molecule has 28 heavy (non-hydrogen) atoms. The van der Waals surface area contributed by atoms with E-state index in [1.165, 1.54) is 5.56 Å². The molecular formula is C22H26N5O+. The lowest BCUT2D eigenvalue weighted by Gasteiger charge is -2.35. The highest BCUT2D eigenvalue weighted by molar-refractivity contribution is 5.87. The second-order valence-electron chi connectivity index (χ2n) is 7.84. The number of nitrogens with one attached hydrogen (secondary N) is 2. The third-order valence-electron chi connectivity index (χ3n) is 5.88. The summed E-state index contributed by atoms with van der Waals surface area (Å²) in [4.78, 5) is 20.5. The molecule has 1 fully saturated rings. The Morgan fingerprint density at radius 2 is 1.64 bits per heavy atom. The van der Waals surface area contributed by atoms with Crippen LogP contribution in [0.4, 0.5) is 5.82 Å². The summed E-state index contributed by atoms with van der Waals surface area (Å²) < 4.78 is 1.85. The quantitative estimate of drug-likeness (QED) is 0.677. The van der Waals surface area contributed by atoms with Crippen molar-refractivity contribution < 1.29 is 4.57 Å². The van der Waals surface area contributed by atoms with E-state index >= 15 is 0 Å². The Labute approximate surface area is 164 Å². The van der Waals surface area contributed by atoms with Crippen molar-refractivity contribution in [1.82, 2.24) is 14.8 Å². The molecule has 1 saturated heterocycles. The molecule has 3 heterocycles. The molecule has 0 unspecified atom stereocenters. The number of aromatic amines is 1. The summed E-state index contributed by atoms with van der Waals surface area (Å²) in [7, 11) is 0. The van der Waals surface area contributed by atoms with Crippen molar-refractivity contribution in [3.8, 4) is 0 Å². The number of fused-ring (bicyclic) bond motifs is 3. The molecule has 2 aliphatic rings. The van der Waals surface area contributed by atoms with Gasteiger partial charge in [-0.05, 0) is 17.7 Å². The molecule has 6 nitrogen and oxygen atoms in total. The maximum absolute atomic E-state index is 12.4. The minimum Gasteiger partial charge on any atom is -0.298 e. The third kappa shape index (κ3) is 3.41. The molecule has 1 atom stereocenters. The Hall–Kier alpha value is -2.70. The van der Waals surface area contributed by atoms with Gasteiger partial charge in [-0.2, -0.15) is 4.57 Å². The summed E-state index contributed by atoms with van der Waals surface area (Å²) in [5.41, 5.74) is 2.24. The molecule has 0 saturated carbocycles. The first-order chi connectivity index (χ1) is 13.8. The number of hydrogen-bond donors (Lipinski definition) is 2. The van der Waals surface area contributed by atoms with Gasteiger partial charge in [0.25, 0.3) is 0 Å². The average Bonchev–Trinajstić information content (AvgIpc) is 3.15. The predicted octanol–water partition coefficient (Wildman–Crippen LogP) is 1.43. The van der Waals surface area contributed by atoms with Gasteiger partial charge >= 0.3 is 5.69 Å². The van der Waals surface area contributed by atoms with Gasteiger partial charge in [0.2, 0.25) is 5.82 Å². The fourth-order valence-corrected chi connectivity index (χ4v) is 4.40. The molecule has 2 aromatic carbocycles. The highest BCUT2D eigenvalue weighted by Gasteiger charge is 2.32. The van der Waals surface area contributed by atoms with E-state index in [0.29, 0.717) is 0 Å². The van der Waals surface area contributed by atoms with Crippen molar-refractivity contribution >= 4 is 16.7 Å². The average molecular weight is 376 g/mol. The molecular weight excluding hydrogens is 350 g/mol. The summed E-state index contributed by atoms with van der Waals surface area (Å²) in [6.07, 6.45) is 0. The molecule has 3 aromatic rings. The van der Waals surface area contributed by atoms with Crippen LogP contribution in [0, 0.1) is 0 Å². The van der Waals surface area contributed by atoms with Crippen molar-refractivity contribution in [2.75, 3.05) is 38.0 Å². The lowest BCUT2D eigenvalue weighted by molar-refractivity contribution is -0.689. The molecule has 2 N–H and O–H groups in total. The van der Waals surface area contributed by atoms with Crippen LogP contribution >= 0.6 is 0 Å². The Kier molecular flexibility index (Phi) is 4.58. The maximum atomic E-state index is 12.4. The molecule has 0 amide bonds. The first-order valence-corrected chi connectivity index (χ1v) is 10.1. The molecule has 2 aliphatic heterocycles. The number of benzene rings is 2. The van der Waals surface area contributed by atoms with Gasteiger partial charge in [-0.15, -0.1) is 0 Å². The monoisotopic (exact) mass is 376 g/mol. The minimum absolute atomic E-state index is 0.0311. The molecule has 144 valence electrons. The van der Waals surface area contributed by atoms with E-state index in [9.17, 15) is 4.79 Å². The van der Waals surface area contributed by atoms with Crippen LogP contribution in [0.1, 0.15) is 5.56 Å². The maximum Gasteiger partial charge on any atom is 0.441 e. The van der Waals surface area contributed by atoms with Crippen LogP contribution in [0.25, 0.3) is 10.9 Å². The number of H-pyrrole nitrogens is 1. The number of aromatic nitrogens is 2. The van der Waals surface area contributed by atoms with Crippen LogP contribution in [-0.2, 0) is 13.1 Å². The van der Waals surface area contributed by atoms with Crippen LogP contribution in [0.5, 0.6) is 0 Å². The second-order valence-corrected chi connectivity index (χ2v) is 7.84. The number of rotatable bonds is 4. The van der Waals surface area contributed by atoms with Crippen molar-refractivity contribution in [2.45, 2.75) is 19.1 Å². The van der Waals surface area contributed by atoms with E-state index in [4.69, 9.17) is 0 Å². The van der Waals surface area contributed by atoms with Crippen LogP contribution in [0.2, 0.25) is 0 Å². The standard InChI is InChI=1S/C22H25N5O/c28-22-24-20-9-5-4-8-19(20)21-23-18(16-27(21)22)15-26-12-10-25(11-13-26)14-17-6-2-1-3-7-17/h1-9,18H,10-16H2,(H,23,24,28)/p+1/t18-/m0/s1. The topological polar surface area (TPSA) is 55.3 Å². The number of anilines is 1. The van der Waals surface area contributed by atoms with E-state index in [1.807, 2.05) is 22.8 Å². The van der Waals surface area contributed by atoms with Crippen LogP contribution in [0.15, 0.2) is 59.4 Å². The summed E-state index contributed by atoms with van der Waals surface area (Å²) in [6, 6.07) is 19.0. The Bertz CT molecular complexity index is 1020. The number of nitrogens with zero attached hydrogens (tertiary/aromatic N) is 3. The zero-order valence-electron chi connectivity index (χ0n) is 16.0. The predicted molar refractivity (Wildman–Crippen MR) is 110 cm³/mol. The normalized spacial score (nSPS) is 20.2. The van der Waals surface area contributed by atoms with Crippen molar-refractivity contribution in [3.05, 3.63) is 70.6 Å². The number of piperazine rings is 1. The first kappa shape index (κ1) is 17.4. The van der Waals surface area contributed by atoms with E-state index in [1.54, 1.807) is 0 Å². The van der Waals surface area contributed by atoms with Gasteiger partial charge in [0.05, 0.1) is 5.39 Å². The number of hydrogen-bond acceptors (Lipinski definition) is 4. The van der Waals surface area contributed by atoms with Gasteiger partial charge in [0.15, 0.2) is 0 Å². The summed E-state index contributed by atoms with van der Waals surface area (Å²) in [5, 5.41) is 4.69. The van der Waals surface area contributed by atoms with E-state index in [-0.39, 0.29) is 11.7 Å². The fraction of sp³-hybridized carbons (Fsp3) is 0.364. The van der Waals surface area contributed by atoms with Crippen LogP contribution < -0.4 is 15.6 Å². The molecule has 0 bridgehead atoms. The van der Waals surface area contributed by atoms with Crippen molar-refractivity contribution in [1.29, 1.82) is 0 Å². The zero-order chi connectivity index (χ0) is 18.9. The highest BCUT2D eigenvalue weighted by Crippen LogP contribution is 2.21. The van der Waals surface area contributed by atoms with Crippen LogP contribution in [0.3, 0.4) is 0 Å². The van der Waals surface area contributed by atoms with E-state index in [2.05, 4.69) is 56.5 Å².